The SMILES string of the molecule is CC(C)[C@H](NC(=O)Nc1nncs1)c1ccc2c(c1)OCCCO2. The van der Waals surface area contributed by atoms with Gasteiger partial charge in [-0.2, -0.15) is 0 Å². The Hall–Kier alpha value is -2.35. The number of urea groups is 1. The first-order valence-electron chi connectivity index (χ1n) is 7.86. The van der Waals surface area contributed by atoms with Crippen LogP contribution in [0.1, 0.15) is 31.9 Å². The van der Waals surface area contributed by atoms with Gasteiger partial charge in [-0.25, -0.2) is 4.79 Å². The molecule has 1 aromatic carbocycles. The number of amides is 2. The Kier molecular flexibility index (Phi) is 5.14. The molecule has 0 radical (unpaired) electrons. The molecule has 2 aromatic rings. The Balaban J connectivity index is 1.75. The summed E-state index contributed by atoms with van der Waals surface area (Å²) in [6.07, 6.45) is 0.861. The van der Waals surface area contributed by atoms with E-state index in [0.29, 0.717) is 18.3 Å². The van der Waals surface area contributed by atoms with Crippen LogP contribution in [0.5, 0.6) is 11.5 Å². The lowest BCUT2D eigenvalue weighted by Gasteiger charge is -2.23. The smallest absolute Gasteiger partial charge is 0.321 e. The van der Waals surface area contributed by atoms with Crippen molar-refractivity contribution in [2.45, 2.75) is 26.3 Å². The van der Waals surface area contributed by atoms with Crippen LogP contribution in [0.25, 0.3) is 0 Å². The number of aromatic nitrogens is 2. The molecule has 128 valence electrons. The lowest BCUT2D eigenvalue weighted by Crippen LogP contribution is -2.35. The van der Waals surface area contributed by atoms with E-state index >= 15 is 0 Å². The molecule has 2 N–H and O–H groups in total. The summed E-state index contributed by atoms with van der Waals surface area (Å²) < 4.78 is 11.4. The Morgan fingerprint density at radius 2 is 2.04 bits per heavy atom. The Morgan fingerprint density at radius 3 is 2.75 bits per heavy atom. The third-order valence-electron chi connectivity index (χ3n) is 3.66. The maximum atomic E-state index is 12.2. The Bertz CT molecular complexity index is 691. The van der Waals surface area contributed by atoms with Gasteiger partial charge in [0.25, 0.3) is 0 Å². The van der Waals surface area contributed by atoms with Crippen molar-refractivity contribution in [3.05, 3.63) is 29.3 Å². The number of hydrogen-bond donors (Lipinski definition) is 2. The maximum Gasteiger partial charge on any atom is 0.321 e. The summed E-state index contributed by atoms with van der Waals surface area (Å²) in [5.74, 6) is 1.67. The molecular formula is C16H20N4O3S. The highest BCUT2D eigenvalue weighted by atomic mass is 32.1. The first-order valence-corrected chi connectivity index (χ1v) is 8.74. The summed E-state index contributed by atoms with van der Waals surface area (Å²) in [5, 5.41) is 13.7. The van der Waals surface area contributed by atoms with Gasteiger partial charge >= 0.3 is 6.03 Å². The number of rotatable bonds is 4. The van der Waals surface area contributed by atoms with E-state index in [-0.39, 0.29) is 18.0 Å². The Labute approximate surface area is 144 Å². The quantitative estimate of drug-likeness (QED) is 0.886. The van der Waals surface area contributed by atoms with Crippen molar-refractivity contribution in [1.82, 2.24) is 15.5 Å². The summed E-state index contributed by atoms with van der Waals surface area (Å²) in [6.45, 7) is 5.40. The number of benzene rings is 1. The molecule has 1 aliphatic rings. The molecule has 7 nitrogen and oxygen atoms in total. The summed E-state index contributed by atoms with van der Waals surface area (Å²) in [7, 11) is 0. The molecule has 0 saturated carbocycles. The van der Waals surface area contributed by atoms with Crippen LogP contribution in [-0.4, -0.2) is 29.4 Å². The molecule has 0 unspecified atom stereocenters. The van der Waals surface area contributed by atoms with E-state index in [2.05, 4.69) is 34.7 Å². The fourth-order valence-electron chi connectivity index (χ4n) is 2.51. The molecule has 0 fully saturated rings. The highest BCUT2D eigenvalue weighted by Crippen LogP contribution is 2.34. The molecule has 2 amide bonds. The summed E-state index contributed by atoms with van der Waals surface area (Å²) in [5.41, 5.74) is 2.54. The molecule has 0 spiro atoms. The number of anilines is 1. The first-order chi connectivity index (χ1) is 11.6. The molecule has 8 heteroatoms. The molecular weight excluding hydrogens is 328 g/mol. The number of fused-ring (bicyclic) bond motifs is 1. The predicted octanol–water partition coefficient (Wildman–Crippen LogP) is 3.22. The van der Waals surface area contributed by atoms with Gasteiger partial charge in [0.05, 0.1) is 19.3 Å². The third kappa shape index (κ3) is 3.94. The number of ether oxygens (including phenoxy) is 2. The fourth-order valence-corrected chi connectivity index (χ4v) is 2.95. The van der Waals surface area contributed by atoms with Gasteiger partial charge in [0.15, 0.2) is 11.5 Å². The maximum absolute atomic E-state index is 12.2. The second-order valence-corrected chi connectivity index (χ2v) is 6.65. The minimum atomic E-state index is -0.308. The van der Waals surface area contributed by atoms with Crippen molar-refractivity contribution in [2.75, 3.05) is 18.5 Å². The van der Waals surface area contributed by atoms with Gasteiger partial charge in [0.1, 0.15) is 5.51 Å². The van der Waals surface area contributed by atoms with Crippen LogP contribution in [0.15, 0.2) is 23.7 Å². The van der Waals surface area contributed by atoms with E-state index in [0.717, 1.165) is 23.5 Å². The average molecular weight is 348 g/mol. The number of carbonyl (C=O) groups excluding carboxylic acids is 1. The van der Waals surface area contributed by atoms with Gasteiger partial charge in [-0.05, 0) is 23.6 Å². The second-order valence-electron chi connectivity index (χ2n) is 5.82. The molecule has 1 atom stereocenters. The zero-order valence-corrected chi connectivity index (χ0v) is 14.4. The molecule has 2 heterocycles. The van der Waals surface area contributed by atoms with Crippen LogP contribution in [0.2, 0.25) is 0 Å². The lowest BCUT2D eigenvalue weighted by molar-refractivity contribution is 0.244. The monoisotopic (exact) mass is 348 g/mol. The molecule has 0 aliphatic carbocycles. The summed E-state index contributed by atoms with van der Waals surface area (Å²) in [4.78, 5) is 12.2. The van der Waals surface area contributed by atoms with E-state index in [4.69, 9.17) is 9.47 Å². The number of carbonyl (C=O) groups is 1. The van der Waals surface area contributed by atoms with Crippen LogP contribution in [0.3, 0.4) is 0 Å². The molecule has 0 saturated heterocycles. The average Bonchev–Trinajstić information content (AvgIpc) is 2.94. The zero-order chi connectivity index (χ0) is 16.9. The summed E-state index contributed by atoms with van der Waals surface area (Å²) in [6, 6.07) is 5.34. The Morgan fingerprint density at radius 1 is 1.25 bits per heavy atom. The summed E-state index contributed by atoms with van der Waals surface area (Å²) >= 11 is 1.27. The van der Waals surface area contributed by atoms with Gasteiger partial charge in [0, 0.05) is 6.42 Å². The van der Waals surface area contributed by atoms with E-state index in [1.807, 2.05) is 18.2 Å². The van der Waals surface area contributed by atoms with E-state index in [1.165, 1.54) is 11.3 Å². The molecule has 0 bridgehead atoms. The minimum absolute atomic E-state index is 0.157. The largest absolute Gasteiger partial charge is 0.490 e. The van der Waals surface area contributed by atoms with Crippen molar-refractivity contribution in [1.29, 1.82) is 0 Å². The highest BCUT2D eigenvalue weighted by Gasteiger charge is 2.21. The molecule has 24 heavy (non-hydrogen) atoms. The molecule has 1 aromatic heterocycles. The van der Waals surface area contributed by atoms with E-state index < -0.39 is 0 Å². The topological polar surface area (TPSA) is 85.4 Å². The van der Waals surface area contributed by atoms with Gasteiger partial charge in [-0.3, -0.25) is 5.32 Å². The van der Waals surface area contributed by atoms with E-state index in [9.17, 15) is 4.79 Å². The van der Waals surface area contributed by atoms with Gasteiger partial charge in [0.2, 0.25) is 5.13 Å². The molecule has 1 aliphatic heterocycles. The third-order valence-corrected chi connectivity index (χ3v) is 4.27. The number of nitrogens with zero attached hydrogens (tertiary/aromatic N) is 2. The highest BCUT2D eigenvalue weighted by molar-refractivity contribution is 7.13. The van der Waals surface area contributed by atoms with Crippen molar-refractivity contribution in [2.24, 2.45) is 5.92 Å². The normalized spacial score (nSPS) is 14.8. The first kappa shape index (κ1) is 16.5. The van der Waals surface area contributed by atoms with E-state index in [1.54, 1.807) is 5.51 Å². The number of hydrogen-bond acceptors (Lipinski definition) is 6. The van der Waals surface area contributed by atoms with Gasteiger partial charge < -0.3 is 14.8 Å². The zero-order valence-electron chi connectivity index (χ0n) is 13.6. The predicted molar refractivity (Wildman–Crippen MR) is 91.7 cm³/mol. The molecule has 3 rings (SSSR count). The van der Waals surface area contributed by atoms with Gasteiger partial charge in [-0.1, -0.05) is 31.3 Å². The standard InChI is InChI=1S/C16H20N4O3S/c1-10(2)14(18-15(21)19-16-20-17-9-24-16)11-4-5-12-13(8-11)23-7-3-6-22-12/h4-5,8-10,14H,3,6-7H2,1-2H3,(H2,18,19,20,21)/t14-/m0/s1. The van der Waals surface area contributed by atoms with Crippen LogP contribution in [0.4, 0.5) is 9.93 Å². The van der Waals surface area contributed by atoms with Crippen molar-refractivity contribution in [3.63, 3.8) is 0 Å². The minimum Gasteiger partial charge on any atom is -0.490 e. The van der Waals surface area contributed by atoms with Crippen LogP contribution >= 0.6 is 11.3 Å². The van der Waals surface area contributed by atoms with Crippen molar-refractivity contribution in [3.8, 4) is 11.5 Å². The lowest BCUT2D eigenvalue weighted by atomic mass is 9.96. The van der Waals surface area contributed by atoms with Crippen molar-refractivity contribution < 1.29 is 14.3 Å². The van der Waals surface area contributed by atoms with Crippen LogP contribution < -0.4 is 20.1 Å². The second kappa shape index (κ2) is 7.48. The van der Waals surface area contributed by atoms with Crippen LogP contribution in [0, 0.1) is 5.92 Å². The van der Waals surface area contributed by atoms with Crippen molar-refractivity contribution >= 4 is 22.5 Å². The number of nitrogens with one attached hydrogen (secondary N) is 2. The fraction of sp³-hybridized carbons (Fsp3) is 0.438. The van der Waals surface area contributed by atoms with Crippen LogP contribution in [-0.2, 0) is 0 Å². The van der Waals surface area contributed by atoms with Gasteiger partial charge in [-0.15, -0.1) is 10.2 Å².